The van der Waals surface area contributed by atoms with Crippen molar-refractivity contribution in [3.63, 3.8) is 0 Å². The van der Waals surface area contributed by atoms with E-state index in [1.807, 2.05) is 30.3 Å². The maximum Gasteiger partial charge on any atom is 0.255 e. The number of nitrogens with zero attached hydrogens (tertiary/aromatic N) is 1. The number of rotatable bonds is 4. The number of hydrogen-bond acceptors (Lipinski definition) is 4. The summed E-state index contributed by atoms with van der Waals surface area (Å²) < 4.78 is 5.96. The fraction of sp³-hybridized carbons (Fsp3) is 0.190. The fourth-order valence-corrected chi connectivity index (χ4v) is 3.49. The molecule has 3 aromatic rings. The van der Waals surface area contributed by atoms with Gasteiger partial charge in [0.05, 0.1) is 22.9 Å². The Hall–Kier alpha value is -3.61. The van der Waals surface area contributed by atoms with Gasteiger partial charge in [0.25, 0.3) is 11.8 Å². The average Bonchev–Trinajstić information content (AvgIpc) is 3.36. The summed E-state index contributed by atoms with van der Waals surface area (Å²) in [6.45, 7) is 2.45. The quantitative estimate of drug-likeness (QED) is 0.652. The molecule has 2 aromatic carbocycles. The molecule has 142 valence electrons. The molecule has 1 aromatic heterocycles. The van der Waals surface area contributed by atoms with Crippen molar-refractivity contribution in [1.82, 2.24) is 15.5 Å². The van der Waals surface area contributed by atoms with Gasteiger partial charge in [0.15, 0.2) is 0 Å². The molecule has 1 aliphatic rings. The van der Waals surface area contributed by atoms with Crippen LogP contribution >= 0.6 is 0 Å². The van der Waals surface area contributed by atoms with Crippen molar-refractivity contribution in [1.29, 1.82) is 0 Å². The van der Waals surface area contributed by atoms with Crippen LogP contribution in [0.3, 0.4) is 0 Å². The Morgan fingerprint density at radius 2 is 1.96 bits per heavy atom. The van der Waals surface area contributed by atoms with Crippen molar-refractivity contribution in [2.75, 3.05) is 19.0 Å². The molecule has 2 heterocycles. The largest absolute Gasteiger partial charge is 0.491 e. The number of nitrogens with one attached hydrogen (secondary N) is 3. The summed E-state index contributed by atoms with van der Waals surface area (Å²) in [5.41, 5.74) is 2.68. The van der Waals surface area contributed by atoms with Crippen molar-refractivity contribution in [3.05, 3.63) is 77.1 Å². The number of hydrogen-bond donors (Lipinski definition) is 3. The van der Waals surface area contributed by atoms with E-state index in [9.17, 15) is 9.59 Å². The molecule has 0 bridgehead atoms. The lowest BCUT2D eigenvalue weighted by atomic mass is 9.77. The van der Waals surface area contributed by atoms with Crippen LogP contribution in [0.25, 0.3) is 0 Å². The zero-order valence-electron chi connectivity index (χ0n) is 15.6. The number of H-pyrrole nitrogens is 1. The second-order valence-corrected chi connectivity index (χ2v) is 6.91. The van der Waals surface area contributed by atoms with E-state index in [0.717, 1.165) is 11.1 Å². The third-order valence-electron chi connectivity index (χ3n) is 5.09. The number of aromatic amines is 1. The maximum atomic E-state index is 12.8. The predicted molar refractivity (Wildman–Crippen MR) is 105 cm³/mol. The van der Waals surface area contributed by atoms with Crippen molar-refractivity contribution in [3.8, 4) is 5.75 Å². The predicted octanol–water partition coefficient (Wildman–Crippen LogP) is 2.72. The summed E-state index contributed by atoms with van der Waals surface area (Å²) in [6, 6.07) is 13.3. The van der Waals surface area contributed by atoms with Crippen LogP contribution < -0.4 is 15.4 Å². The smallest absolute Gasteiger partial charge is 0.255 e. The van der Waals surface area contributed by atoms with E-state index in [4.69, 9.17) is 4.74 Å². The lowest BCUT2D eigenvalue weighted by Gasteiger charge is -2.24. The van der Waals surface area contributed by atoms with Crippen LogP contribution in [0.5, 0.6) is 5.75 Å². The average molecular weight is 376 g/mol. The molecule has 1 atom stereocenters. The van der Waals surface area contributed by atoms with E-state index in [0.29, 0.717) is 29.2 Å². The van der Waals surface area contributed by atoms with Gasteiger partial charge in [-0.1, -0.05) is 30.3 Å². The molecule has 1 aliphatic heterocycles. The van der Waals surface area contributed by atoms with Crippen molar-refractivity contribution >= 4 is 17.5 Å². The van der Waals surface area contributed by atoms with Crippen LogP contribution in [0.1, 0.15) is 38.8 Å². The molecule has 4 rings (SSSR count). The minimum atomic E-state index is -0.467. The van der Waals surface area contributed by atoms with Crippen LogP contribution in [0.2, 0.25) is 0 Å². The summed E-state index contributed by atoms with van der Waals surface area (Å²) in [5, 5.41) is 11.9. The van der Waals surface area contributed by atoms with Gasteiger partial charge in [-0.3, -0.25) is 14.7 Å². The highest BCUT2D eigenvalue weighted by Gasteiger charge is 2.40. The molecule has 0 radical (unpaired) electrons. The number of amides is 2. The molecule has 7 nitrogen and oxygen atoms in total. The van der Waals surface area contributed by atoms with E-state index in [2.05, 4.69) is 27.8 Å². The Kier molecular flexibility index (Phi) is 4.35. The molecule has 28 heavy (non-hydrogen) atoms. The van der Waals surface area contributed by atoms with Crippen LogP contribution in [0, 0.1) is 0 Å². The first-order valence-electron chi connectivity index (χ1n) is 8.92. The topological polar surface area (TPSA) is 96.1 Å². The lowest BCUT2D eigenvalue weighted by molar-refractivity contribution is 0.0959. The molecule has 3 N–H and O–H groups in total. The Morgan fingerprint density at radius 1 is 1.18 bits per heavy atom. The second-order valence-electron chi connectivity index (χ2n) is 6.91. The molecule has 0 aliphatic carbocycles. The summed E-state index contributed by atoms with van der Waals surface area (Å²) in [5.74, 6) is -0.103. The van der Waals surface area contributed by atoms with Gasteiger partial charge in [0, 0.05) is 24.4 Å². The fourth-order valence-electron chi connectivity index (χ4n) is 3.49. The first-order chi connectivity index (χ1) is 13.5. The first kappa shape index (κ1) is 17.8. The monoisotopic (exact) mass is 376 g/mol. The molecule has 0 fully saturated rings. The standard InChI is InChI=1S/C21H20N4O3/c1-21(14-6-4-3-5-7-14)12-28-18-16(20(27)22-2)8-13(9-17(18)21)19(26)25-15-10-23-24-11-15/h3-11H,12H2,1-2H3,(H,22,27)(H,23,24)(H,25,26)/t21-/m1/s1. The molecule has 0 saturated carbocycles. The Balaban J connectivity index is 1.83. The van der Waals surface area contributed by atoms with Gasteiger partial charge >= 0.3 is 0 Å². The van der Waals surface area contributed by atoms with Gasteiger partial charge in [-0.25, -0.2) is 0 Å². The zero-order chi connectivity index (χ0) is 19.7. The van der Waals surface area contributed by atoms with Gasteiger partial charge < -0.3 is 15.4 Å². The molecule has 0 saturated heterocycles. The number of benzene rings is 2. The van der Waals surface area contributed by atoms with E-state index < -0.39 is 5.41 Å². The van der Waals surface area contributed by atoms with E-state index in [-0.39, 0.29) is 11.8 Å². The van der Waals surface area contributed by atoms with E-state index in [1.165, 1.54) is 6.20 Å². The highest BCUT2D eigenvalue weighted by molar-refractivity contribution is 6.07. The molecule has 7 heteroatoms. The highest BCUT2D eigenvalue weighted by atomic mass is 16.5. The normalized spacial score (nSPS) is 17.5. The molecule has 2 amide bonds. The maximum absolute atomic E-state index is 12.8. The van der Waals surface area contributed by atoms with E-state index in [1.54, 1.807) is 25.4 Å². The van der Waals surface area contributed by atoms with Gasteiger partial charge in [0.2, 0.25) is 0 Å². The van der Waals surface area contributed by atoms with Gasteiger partial charge in [-0.15, -0.1) is 0 Å². The second kappa shape index (κ2) is 6.84. The van der Waals surface area contributed by atoms with E-state index >= 15 is 0 Å². The number of carbonyl (C=O) groups is 2. The SMILES string of the molecule is CNC(=O)c1cc(C(=O)Nc2cn[nH]c2)cc2c1OC[C@]2(C)c1ccccc1. The van der Waals surface area contributed by atoms with Gasteiger partial charge in [-0.05, 0) is 24.6 Å². The third-order valence-corrected chi connectivity index (χ3v) is 5.09. The summed E-state index contributed by atoms with van der Waals surface area (Å²) in [6.07, 6.45) is 3.10. The van der Waals surface area contributed by atoms with Crippen molar-refractivity contribution in [2.24, 2.45) is 0 Å². The van der Waals surface area contributed by atoms with Crippen molar-refractivity contribution < 1.29 is 14.3 Å². The molecule has 0 spiro atoms. The Labute approximate surface area is 162 Å². The molecular weight excluding hydrogens is 356 g/mol. The minimum absolute atomic E-state index is 0.300. The molecular formula is C21H20N4O3. The van der Waals surface area contributed by atoms with Gasteiger partial charge in [0.1, 0.15) is 12.4 Å². The Bertz CT molecular complexity index is 1030. The highest BCUT2D eigenvalue weighted by Crippen LogP contribution is 2.45. The third kappa shape index (κ3) is 2.90. The number of anilines is 1. The number of aromatic nitrogens is 2. The summed E-state index contributed by atoms with van der Waals surface area (Å²) in [7, 11) is 1.55. The van der Waals surface area contributed by atoms with Crippen LogP contribution in [0.4, 0.5) is 5.69 Å². The summed E-state index contributed by atoms with van der Waals surface area (Å²) in [4.78, 5) is 25.3. The number of ether oxygens (including phenoxy) is 1. The number of carbonyl (C=O) groups excluding carboxylic acids is 2. The number of fused-ring (bicyclic) bond motifs is 1. The summed E-state index contributed by atoms with van der Waals surface area (Å²) >= 11 is 0. The Morgan fingerprint density at radius 3 is 2.64 bits per heavy atom. The zero-order valence-corrected chi connectivity index (χ0v) is 15.6. The van der Waals surface area contributed by atoms with Gasteiger partial charge in [-0.2, -0.15) is 5.10 Å². The molecule has 0 unspecified atom stereocenters. The van der Waals surface area contributed by atoms with Crippen LogP contribution in [0.15, 0.2) is 54.9 Å². The first-order valence-corrected chi connectivity index (χ1v) is 8.92. The minimum Gasteiger partial charge on any atom is -0.491 e. The van der Waals surface area contributed by atoms with Crippen LogP contribution in [-0.2, 0) is 5.41 Å². The van der Waals surface area contributed by atoms with Crippen molar-refractivity contribution in [2.45, 2.75) is 12.3 Å². The lowest BCUT2D eigenvalue weighted by Crippen LogP contribution is -2.26. The van der Waals surface area contributed by atoms with Crippen LogP contribution in [-0.4, -0.2) is 35.7 Å².